The molecule has 4 heterocycles. The summed E-state index contributed by atoms with van der Waals surface area (Å²) in [7, 11) is 1.83. The SMILES string of the molecule is Cc1c(-c2ccnc3c4c(C5CC5)cc(C(F)(F)F)nc4nn23)cnn1C. The number of nitrogens with zero attached hydrogens (tertiary/aromatic N) is 6. The number of rotatable bonds is 2. The van der Waals surface area contributed by atoms with Crippen molar-refractivity contribution >= 4 is 16.7 Å². The van der Waals surface area contributed by atoms with Crippen LogP contribution in [0.25, 0.3) is 27.9 Å². The largest absolute Gasteiger partial charge is 0.433 e. The smallest absolute Gasteiger partial charge is 0.272 e. The van der Waals surface area contributed by atoms with Crippen LogP contribution in [0.2, 0.25) is 0 Å². The number of pyridine rings is 1. The van der Waals surface area contributed by atoms with Crippen LogP contribution in [0, 0.1) is 6.92 Å². The van der Waals surface area contributed by atoms with E-state index in [9.17, 15) is 13.2 Å². The van der Waals surface area contributed by atoms with Gasteiger partial charge in [0.25, 0.3) is 0 Å². The van der Waals surface area contributed by atoms with Crippen LogP contribution in [0.1, 0.15) is 35.7 Å². The third kappa shape index (κ3) is 2.41. The molecule has 0 N–H and O–H groups in total. The Kier molecular flexibility index (Phi) is 3.17. The minimum absolute atomic E-state index is 0.0771. The lowest BCUT2D eigenvalue weighted by atomic mass is 10.1. The monoisotopic (exact) mass is 372 g/mol. The molecule has 0 unspecified atom stereocenters. The third-order valence-corrected chi connectivity index (χ3v) is 5.13. The van der Waals surface area contributed by atoms with E-state index < -0.39 is 11.9 Å². The molecule has 1 fully saturated rings. The van der Waals surface area contributed by atoms with Gasteiger partial charge in [0.05, 0.1) is 17.3 Å². The van der Waals surface area contributed by atoms with Gasteiger partial charge in [-0.15, -0.1) is 5.10 Å². The Hall–Kier alpha value is -2.97. The molecular formula is C18H15F3N6. The molecule has 0 bridgehead atoms. The molecule has 0 spiro atoms. The Balaban J connectivity index is 1.86. The first kappa shape index (κ1) is 16.2. The maximum absolute atomic E-state index is 13.3. The number of alkyl halides is 3. The first-order valence-corrected chi connectivity index (χ1v) is 8.59. The second kappa shape index (κ2) is 5.28. The van der Waals surface area contributed by atoms with Crippen LogP contribution >= 0.6 is 0 Å². The molecule has 138 valence electrons. The summed E-state index contributed by atoms with van der Waals surface area (Å²) in [6.45, 7) is 1.92. The molecule has 0 saturated heterocycles. The summed E-state index contributed by atoms with van der Waals surface area (Å²) in [5, 5.41) is 9.24. The van der Waals surface area contributed by atoms with E-state index in [0.717, 1.165) is 35.9 Å². The van der Waals surface area contributed by atoms with Gasteiger partial charge in [0.15, 0.2) is 11.3 Å². The quantitative estimate of drug-likeness (QED) is 0.536. The molecule has 5 rings (SSSR count). The molecule has 4 aromatic heterocycles. The average Bonchev–Trinajstić information content (AvgIpc) is 3.32. The van der Waals surface area contributed by atoms with Gasteiger partial charge in [-0.2, -0.15) is 18.3 Å². The summed E-state index contributed by atoms with van der Waals surface area (Å²) in [4.78, 5) is 8.21. The Morgan fingerprint density at radius 2 is 2.00 bits per heavy atom. The van der Waals surface area contributed by atoms with E-state index in [1.165, 1.54) is 0 Å². The molecule has 1 aliphatic rings. The molecule has 0 aromatic carbocycles. The van der Waals surface area contributed by atoms with Crippen molar-refractivity contribution in [2.75, 3.05) is 0 Å². The van der Waals surface area contributed by atoms with Gasteiger partial charge in [0.1, 0.15) is 5.69 Å². The van der Waals surface area contributed by atoms with Crippen LogP contribution in [-0.4, -0.2) is 29.4 Å². The molecule has 9 heteroatoms. The van der Waals surface area contributed by atoms with E-state index in [1.54, 1.807) is 27.7 Å². The van der Waals surface area contributed by atoms with Gasteiger partial charge in [-0.05, 0) is 43.4 Å². The minimum atomic E-state index is -4.51. The van der Waals surface area contributed by atoms with E-state index in [-0.39, 0.29) is 11.6 Å². The van der Waals surface area contributed by atoms with E-state index >= 15 is 0 Å². The van der Waals surface area contributed by atoms with Gasteiger partial charge < -0.3 is 0 Å². The fourth-order valence-electron chi connectivity index (χ4n) is 3.45. The van der Waals surface area contributed by atoms with Gasteiger partial charge in [-0.3, -0.25) is 4.68 Å². The van der Waals surface area contributed by atoms with Gasteiger partial charge in [-0.25, -0.2) is 14.5 Å². The number of hydrogen-bond donors (Lipinski definition) is 0. The fourth-order valence-corrected chi connectivity index (χ4v) is 3.45. The first-order chi connectivity index (χ1) is 12.8. The minimum Gasteiger partial charge on any atom is -0.272 e. The first-order valence-electron chi connectivity index (χ1n) is 8.59. The lowest BCUT2D eigenvalue weighted by Crippen LogP contribution is -2.09. The van der Waals surface area contributed by atoms with E-state index in [4.69, 9.17) is 0 Å². The molecule has 6 nitrogen and oxygen atoms in total. The zero-order valence-corrected chi connectivity index (χ0v) is 14.6. The van der Waals surface area contributed by atoms with Crippen molar-refractivity contribution in [3.8, 4) is 11.3 Å². The van der Waals surface area contributed by atoms with Gasteiger partial charge in [0.2, 0.25) is 0 Å². The fraction of sp³-hybridized carbons (Fsp3) is 0.333. The lowest BCUT2D eigenvalue weighted by molar-refractivity contribution is -0.141. The Bertz CT molecular complexity index is 1200. The predicted molar refractivity (Wildman–Crippen MR) is 92.2 cm³/mol. The van der Waals surface area contributed by atoms with Crippen molar-refractivity contribution in [1.29, 1.82) is 0 Å². The molecule has 0 amide bonds. The molecule has 27 heavy (non-hydrogen) atoms. The summed E-state index contributed by atoms with van der Waals surface area (Å²) in [5.74, 6) is 0.107. The number of hydrogen-bond acceptors (Lipinski definition) is 4. The molecule has 1 aliphatic carbocycles. The van der Waals surface area contributed by atoms with Gasteiger partial charge in [-0.1, -0.05) is 0 Å². The van der Waals surface area contributed by atoms with Gasteiger partial charge >= 0.3 is 6.18 Å². The summed E-state index contributed by atoms with van der Waals surface area (Å²) in [5.41, 5.74) is 2.82. The summed E-state index contributed by atoms with van der Waals surface area (Å²) < 4.78 is 43.2. The normalized spacial score (nSPS) is 15.1. The maximum Gasteiger partial charge on any atom is 0.433 e. The van der Waals surface area contributed by atoms with E-state index in [1.807, 2.05) is 14.0 Å². The Labute approximate surface area is 151 Å². The number of fused-ring (bicyclic) bond motifs is 3. The second-order valence-corrected chi connectivity index (χ2v) is 6.90. The molecular weight excluding hydrogens is 357 g/mol. The molecule has 0 aliphatic heterocycles. The standard InChI is InChI=1S/C18H15F3N6/c1-9-12(8-23-26(9)2)13-5-6-22-17-15-11(10-3-4-10)7-14(18(19,20)21)24-16(15)25-27(13)17/h5-8,10H,3-4H2,1-2H3. The van der Waals surface area contributed by atoms with Crippen LogP contribution in [0.3, 0.4) is 0 Å². The van der Waals surface area contributed by atoms with Crippen LogP contribution < -0.4 is 0 Å². The zero-order chi connectivity index (χ0) is 18.9. The Morgan fingerprint density at radius 1 is 1.22 bits per heavy atom. The van der Waals surface area contributed by atoms with Crippen LogP contribution in [0.4, 0.5) is 13.2 Å². The van der Waals surface area contributed by atoms with Crippen molar-refractivity contribution in [3.63, 3.8) is 0 Å². The maximum atomic E-state index is 13.3. The molecule has 0 radical (unpaired) electrons. The lowest BCUT2D eigenvalue weighted by Gasteiger charge is -2.08. The summed E-state index contributed by atoms with van der Waals surface area (Å²) >= 11 is 0. The highest BCUT2D eigenvalue weighted by Gasteiger charge is 2.37. The highest BCUT2D eigenvalue weighted by molar-refractivity contribution is 5.94. The van der Waals surface area contributed by atoms with Gasteiger partial charge in [0, 0.05) is 24.5 Å². The van der Waals surface area contributed by atoms with Crippen molar-refractivity contribution < 1.29 is 13.2 Å². The van der Waals surface area contributed by atoms with Crippen molar-refractivity contribution in [1.82, 2.24) is 29.4 Å². The number of aryl methyl sites for hydroxylation is 1. The Morgan fingerprint density at radius 3 is 2.63 bits per heavy atom. The van der Waals surface area contributed by atoms with Crippen LogP contribution in [0.15, 0.2) is 24.5 Å². The van der Waals surface area contributed by atoms with Crippen LogP contribution in [-0.2, 0) is 13.2 Å². The highest BCUT2D eigenvalue weighted by Crippen LogP contribution is 2.45. The molecule has 0 atom stereocenters. The topological polar surface area (TPSA) is 60.9 Å². The third-order valence-electron chi connectivity index (χ3n) is 5.13. The zero-order valence-electron chi connectivity index (χ0n) is 14.6. The van der Waals surface area contributed by atoms with Crippen molar-refractivity contribution in [2.45, 2.75) is 31.9 Å². The average molecular weight is 372 g/mol. The van der Waals surface area contributed by atoms with E-state index in [2.05, 4.69) is 20.2 Å². The van der Waals surface area contributed by atoms with Crippen molar-refractivity contribution in [2.24, 2.45) is 7.05 Å². The second-order valence-electron chi connectivity index (χ2n) is 6.90. The predicted octanol–water partition coefficient (Wildman–Crippen LogP) is 3.88. The molecule has 1 saturated carbocycles. The van der Waals surface area contributed by atoms with Crippen molar-refractivity contribution in [3.05, 3.63) is 41.5 Å². The number of aromatic nitrogens is 6. The van der Waals surface area contributed by atoms with E-state index in [0.29, 0.717) is 16.6 Å². The van der Waals surface area contributed by atoms with Crippen LogP contribution in [0.5, 0.6) is 0 Å². The highest BCUT2D eigenvalue weighted by atomic mass is 19.4. The number of halogens is 3. The summed E-state index contributed by atoms with van der Waals surface area (Å²) in [6.07, 6.45) is 0.591. The molecule has 4 aromatic rings. The summed E-state index contributed by atoms with van der Waals surface area (Å²) in [6, 6.07) is 2.94.